The molecule has 3 aromatic carbocycles. The van der Waals surface area contributed by atoms with E-state index in [1.807, 2.05) is 59.3 Å². The average Bonchev–Trinajstić information content (AvgIpc) is 3.28. The van der Waals surface area contributed by atoms with Gasteiger partial charge in [-0.1, -0.05) is 42.5 Å². The smallest absolute Gasteiger partial charge is 0.418 e. The number of amides is 2. The number of carbonyl (C=O) groups is 1. The normalized spacial score (nSPS) is 15.1. The number of anilines is 1. The molecule has 2 amide bonds. The van der Waals surface area contributed by atoms with Crippen molar-refractivity contribution in [2.24, 2.45) is 0 Å². The third kappa shape index (κ3) is 4.23. The van der Waals surface area contributed by atoms with Gasteiger partial charge in [0.1, 0.15) is 5.75 Å². The summed E-state index contributed by atoms with van der Waals surface area (Å²) in [7, 11) is 1.57. The Kier molecular flexibility index (Phi) is 5.72. The first-order chi connectivity index (χ1) is 16.9. The standard InChI is InChI=1S/C27H22F3N3O2/c1-35-20-14-12-18(13-15-20)25-24-11-6-16-32(24)23-10-5-2-7-19(23)17-33(25)26(34)31-22-9-4-3-8-21(22)27(28,29)30/h2-16,25H,17H2,1H3,(H,31,34). The van der Waals surface area contributed by atoms with Gasteiger partial charge in [-0.15, -0.1) is 0 Å². The molecule has 0 saturated heterocycles. The largest absolute Gasteiger partial charge is 0.497 e. The summed E-state index contributed by atoms with van der Waals surface area (Å²) in [4.78, 5) is 15.2. The van der Waals surface area contributed by atoms with Crippen LogP contribution < -0.4 is 10.1 Å². The van der Waals surface area contributed by atoms with Crippen LogP contribution in [0.5, 0.6) is 5.75 Å². The lowest BCUT2D eigenvalue weighted by Gasteiger charge is -2.31. The minimum atomic E-state index is -4.60. The predicted octanol–water partition coefficient (Wildman–Crippen LogP) is 6.64. The van der Waals surface area contributed by atoms with Crippen LogP contribution in [0.4, 0.5) is 23.7 Å². The second kappa shape index (κ2) is 8.87. The number of para-hydroxylation sites is 2. The van der Waals surface area contributed by atoms with Crippen molar-refractivity contribution in [2.45, 2.75) is 18.8 Å². The molecule has 0 aliphatic carbocycles. The predicted molar refractivity (Wildman–Crippen MR) is 127 cm³/mol. The zero-order chi connectivity index (χ0) is 24.6. The molecule has 5 nitrogen and oxygen atoms in total. The Morgan fingerprint density at radius 1 is 0.943 bits per heavy atom. The van der Waals surface area contributed by atoms with Crippen molar-refractivity contribution in [3.05, 3.63) is 114 Å². The van der Waals surface area contributed by atoms with Crippen LogP contribution in [0.25, 0.3) is 5.69 Å². The number of methoxy groups -OCH3 is 1. The SMILES string of the molecule is COc1ccc(C2c3cccn3-c3ccccc3CN2C(=O)Nc2ccccc2C(F)(F)F)cc1. The van der Waals surface area contributed by atoms with Crippen LogP contribution in [0, 0.1) is 0 Å². The highest BCUT2D eigenvalue weighted by molar-refractivity contribution is 5.91. The molecular weight excluding hydrogens is 455 g/mol. The van der Waals surface area contributed by atoms with Crippen molar-refractivity contribution >= 4 is 11.7 Å². The third-order valence-corrected chi connectivity index (χ3v) is 6.13. The minimum absolute atomic E-state index is 0.203. The number of carbonyl (C=O) groups excluding carboxylic acids is 1. The van der Waals surface area contributed by atoms with E-state index in [-0.39, 0.29) is 12.2 Å². The second-order valence-corrected chi connectivity index (χ2v) is 8.21. The fourth-order valence-electron chi connectivity index (χ4n) is 4.50. The number of ether oxygens (including phenoxy) is 1. The highest BCUT2D eigenvalue weighted by Crippen LogP contribution is 2.39. The Bertz CT molecular complexity index is 1360. The number of nitrogens with zero attached hydrogens (tertiary/aromatic N) is 2. The molecule has 1 N–H and O–H groups in total. The van der Waals surface area contributed by atoms with Crippen molar-refractivity contribution in [1.29, 1.82) is 0 Å². The quantitative estimate of drug-likeness (QED) is 0.360. The fraction of sp³-hybridized carbons (Fsp3) is 0.148. The van der Waals surface area contributed by atoms with Gasteiger partial charge in [0.25, 0.3) is 0 Å². The number of fused-ring (bicyclic) bond motifs is 3. The first kappa shape index (κ1) is 22.6. The molecule has 0 radical (unpaired) electrons. The molecule has 1 aliphatic rings. The highest BCUT2D eigenvalue weighted by atomic mass is 19.4. The lowest BCUT2D eigenvalue weighted by Crippen LogP contribution is -2.38. The minimum Gasteiger partial charge on any atom is -0.497 e. The lowest BCUT2D eigenvalue weighted by molar-refractivity contribution is -0.136. The van der Waals surface area contributed by atoms with Gasteiger partial charge in [-0.05, 0) is 53.6 Å². The zero-order valence-electron chi connectivity index (χ0n) is 18.8. The number of benzene rings is 3. The number of urea groups is 1. The van der Waals surface area contributed by atoms with Gasteiger partial charge < -0.3 is 19.5 Å². The maximum Gasteiger partial charge on any atom is 0.418 e. The van der Waals surface area contributed by atoms with E-state index in [1.54, 1.807) is 24.1 Å². The van der Waals surface area contributed by atoms with Gasteiger partial charge in [-0.2, -0.15) is 13.2 Å². The molecule has 4 aromatic rings. The monoisotopic (exact) mass is 477 g/mol. The summed E-state index contributed by atoms with van der Waals surface area (Å²) in [6.07, 6.45) is -2.68. The van der Waals surface area contributed by atoms with Gasteiger partial charge in [0.05, 0.1) is 36.6 Å². The molecule has 8 heteroatoms. The molecule has 1 unspecified atom stereocenters. The van der Waals surface area contributed by atoms with Crippen LogP contribution in [-0.4, -0.2) is 22.6 Å². The molecule has 0 fully saturated rings. The molecule has 0 spiro atoms. The molecule has 1 atom stereocenters. The summed E-state index contributed by atoms with van der Waals surface area (Å²) >= 11 is 0. The topological polar surface area (TPSA) is 46.5 Å². The Balaban J connectivity index is 1.62. The van der Waals surface area contributed by atoms with E-state index in [4.69, 9.17) is 4.74 Å². The number of hydrogen-bond donors (Lipinski definition) is 1. The summed E-state index contributed by atoms with van der Waals surface area (Å²) < 4.78 is 48.1. The van der Waals surface area contributed by atoms with Crippen LogP contribution >= 0.6 is 0 Å². The molecule has 1 aliphatic heterocycles. The fourth-order valence-corrected chi connectivity index (χ4v) is 4.50. The van der Waals surface area contributed by atoms with E-state index in [1.165, 1.54) is 18.2 Å². The molecule has 0 saturated carbocycles. The number of alkyl halides is 3. The van der Waals surface area contributed by atoms with Crippen LogP contribution in [0.15, 0.2) is 91.1 Å². The maximum atomic E-state index is 13.7. The first-order valence-electron chi connectivity index (χ1n) is 11.0. The Hall–Kier alpha value is -4.20. The molecular formula is C27H22F3N3O2. The molecule has 35 heavy (non-hydrogen) atoms. The van der Waals surface area contributed by atoms with E-state index < -0.39 is 23.8 Å². The number of nitrogens with one attached hydrogen (secondary N) is 1. The van der Waals surface area contributed by atoms with Crippen LogP contribution in [-0.2, 0) is 12.7 Å². The van der Waals surface area contributed by atoms with Crippen LogP contribution in [0.2, 0.25) is 0 Å². The summed E-state index contributed by atoms with van der Waals surface area (Å²) in [5, 5.41) is 2.52. The summed E-state index contributed by atoms with van der Waals surface area (Å²) in [6, 6.07) is 22.6. The van der Waals surface area contributed by atoms with Gasteiger partial charge in [0.15, 0.2) is 0 Å². The maximum absolute atomic E-state index is 13.7. The van der Waals surface area contributed by atoms with E-state index in [0.717, 1.165) is 28.6 Å². The third-order valence-electron chi connectivity index (χ3n) is 6.13. The molecule has 178 valence electrons. The number of aromatic nitrogens is 1. The van der Waals surface area contributed by atoms with Crippen LogP contribution in [0.1, 0.15) is 28.4 Å². The van der Waals surface area contributed by atoms with Gasteiger partial charge >= 0.3 is 12.2 Å². The van der Waals surface area contributed by atoms with E-state index in [9.17, 15) is 18.0 Å². The molecule has 2 heterocycles. The van der Waals surface area contributed by atoms with Crippen molar-refractivity contribution in [2.75, 3.05) is 12.4 Å². The van der Waals surface area contributed by atoms with Gasteiger partial charge in [-0.25, -0.2) is 4.79 Å². The number of rotatable bonds is 3. The number of hydrogen-bond acceptors (Lipinski definition) is 2. The summed E-state index contributed by atoms with van der Waals surface area (Å²) in [5.74, 6) is 0.663. The average molecular weight is 477 g/mol. The zero-order valence-corrected chi connectivity index (χ0v) is 18.8. The number of halogens is 3. The van der Waals surface area contributed by atoms with Crippen molar-refractivity contribution in [1.82, 2.24) is 9.47 Å². The Morgan fingerprint density at radius 2 is 1.66 bits per heavy atom. The first-order valence-corrected chi connectivity index (χ1v) is 11.0. The van der Waals surface area contributed by atoms with E-state index in [2.05, 4.69) is 5.32 Å². The Labute approximate surface area is 200 Å². The van der Waals surface area contributed by atoms with Crippen molar-refractivity contribution in [3.8, 4) is 11.4 Å². The molecule has 5 rings (SSSR count). The van der Waals surface area contributed by atoms with E-state index >= 15 is 0 Å². The van der Waals surface area contributed by atoms with Crippen molar-refractivity contribution in [3.63, 3.8) is 0 Å². The van der Waals surface area contributed by atoms with E-state index in [0.29, 0.717) is 5.75 Å². The van der Waals surface area contributed by atoms with Gasteiger partial charge in [0, 0.05) is 11.9 Å². The second-order valence-electron chi connectivity index (χ2n) is 8.21. The summed E-state index contributed by atoms with van der Waals surface area (Å²) in [5.41, 5.74) is 2.23. The Morgan fingerprint density at radius 3 is 2.40 bits per heavy atom. The lowest BCUT2D eigenvalue weighted by atomic mass is 10.0. The van der Waals surface area contributed by atoms with Gasteiger partial charge in [-0.3, -0.25) is 0 Å². The van der Waals surface area contributed by atoms with Crippen molar-refractivity contribution < 1.29 is 22.7 Å². The summed E-state index contributed by atoms with van der Waals surface area (Å²) in [6.45, 7) is 0.203. The highest BCUT2D eigenvalue weighted by Gasteiger charge is 2.36. The molecule has 0 bridgehead atoms. The van der Waals surface area contributed by atoms with Crippen LogP contribution in [0.3, 0.4) is 0 Å². The van der Waals surface area contributed by atoms with Gasteiger partial charge in [0.2, 0.25) is 0 Å². The molecule has 1 aromatic heterocycles.